The van der Waals surface area contributed by atoms with Crippen LogP contribution in [-0.4, -0.2) is 85.0 Å². The van der Waals surface area contributed by atoms with Crippen LogP contribution in [0.3, 0.4) is 0 Å². The van der Waals surface area contributed by atoms with E-state index in [1.807, 2.05) is 0 Å². The highest BCUT2D eigenvalue weighted by Crippen LogP contribution is 2.66. The summed E-state index contributed by atoms with van der Waals surface area (Å²) in [5, 5.41) is 0. The minimum atomic E-state index is -9.14. The van der Waals surface area contributed by atoms with Crippen LogP contribution in [0.4, 0.5) is 92.2 Å². The third kappa shape index (κ3) is 4.41. The summed E-state index contributed by atoms with van der Waals surface area (Å²) in [6, 6.07) is 0. The second-order valence-corrected chi connectivity index (χ2v) is 7.35. The molecular formula is C14H10F21N. The summed E-state index contributed by atoms with van der Waals surface area (Å²) in [6.45, 7) is -1.42. The Labute approximate surface area is 185 Å². The van der Waals surface area contributed by atoms with Crippen molar-refractivity contribution in [1.29, 1.82) is 0 Å². The first kappa shape index (κ1) is 34.5. The zero-order chi connectivity index (χ0) is 30.0. The molecule has 0 aliphatic carbocycles. The van der Waals surface area contributed by atoms with E-state index in [-0.39, 0.29) is 0 Å². The van der Waals surface area contributed by atoms with Crippen molar-refractivity contribution in [3.8, 4) is 0 Å². The number of halogens is 21. The van der Waals surface area contributed by atoms with Crippen LogP contribution in [0.5, 0.6) is 0 Å². The molecule has 218 valence electrons. The van der Waals surface area contributed by atoms with Crippen molar-refractivity contribution in [3.05, 3.63) is 0 Å². The summed E-state index contributed by atoms with van der Waals surface area (Å²) in [5.41, 5.74) is 0. The lowest BCUT2D eigenvalue weighted by Crippen LogP contribution is -2.76. The Balaban J connectivity index is 6.95. The Hall–Kier alpha value is -1.51. The maximum Gasteiger partial charge on any atom is 0.460 e. The molecule has 36 heavy (non-hydrogen) atoms. The highest BCUT2D eigenvalue weighted by Gasteiger charge is 2.97. The standard InChI is InChI=1S/C14H10F21N/c1-36(2)4-3-5(15,16)6(17,18)7(19,20)8(21,22)9(23,24)10(25,26)11(27,28)12(29,30)13(31,32)14(33,34)35/h3-4H2,1-2H3. The van der Waals surface area contributed by atoms with Gasteiger partial charge in [0.25, 0.3) is 0 Å². The maximum absolute atomic E-state index is 13.6. The van der Waals surface area contributed by atoms with E-state index >= 15 is 0 Å². The zero-order valence-corrected chi connectivity index (χ0v) is 16.8. The minimum Gasteiger partial charge on any atom is -0.309 e. The van der Waals surface area contributed by atoms with Gasteiger partial charge in [-0.15, -0.1) is 0 Å². The quantitative estimate of drug-likeness (QED) is 0.230. The molecule has 22 heteroatoms. The first-order valence-corrected chi connectivity index (χ1v) is 8.28. The van der Waals surface area contributed by atoms with Crippen LogP contribution in [0, 0.1) is 0 Å². The molecule has 0 unspecified atom stereocenters. The molecule has 0 radical (unpaired) electrons. The van der Waals surface area contributed by atoms with E-state index in [2.05, 4.69) is 0 Å². The Morgan fingerprint density at radius 1 is 0.361 bits per heavy atom. The molecule has 0 aromatic rings. The largest absolute Gasteiger partial charge is 0.460 e. The van der Waals surface area contributed by atoms with Crippen LogP contribution in [0.2, 0.25) is 0 Å². The molecule has 0 atom stereocenters. The maximum atomic E-state index is 13.6. The van der Waals surface area contributed by atoms with Gasteiger partial charge in [-0.1, -0.05) is 0 Å². The van der Waals surface area contributed by atoms with Gasteiger partial charge >= 0.3 is 59.5 Å². The highest BCUT2D eigenvalue weighted by atomic mass is 19.4. The summed E-state index contributed by atoms with van der Waals surface area (Å²) in [4.78, 5) is 0.479. The SMILES string of the molecule is CN(C)CCC(F)(F)C(F)(F)C(F)(F)C(F)(F)C(F)(F)C(F)(F)C(F)(F)C(F)(F)C(F)(F)C(F)(F)F. The number of hydrogen-bond donors (Lipinski definition) is 0. The average molecular weight is 591 g/mol. The number of rotatable bonds is 11. The Morgan fingerprint density at radius 2 is 0.583 bits per heavy atom. The van der Waals surface area contributed by atoms with Gasteiger partial charge in [-0.3, -0.25) is 0 Å². The van der Waals surface area contributed by atoms with E-state index in [9.17, 15) is 92.2 Å². The lowest BCUT2D eigenvalue weighted by atomic mass is 9.86. The third-order valence-electron chi connectivity index (χ3n) is 4.45. The topological polar surface area (TPSA) is 3.24 Å². The van der Waals surface area contributed by atoms with Crippen molar-refractivity contribution in [3.63, 3.8) is 0 Å². The van der Waals surface area contributed by atoms with Crippen molar-refractivity contribution in [1.82, 2.24) is 4.90 Å². The van der Waals surface area contributed by atoms with Crippen LogP contribution in [-0.2, 0) is 0 Å². The van der Waals surface area contributed by atoms with E-state index in [1.165, 1.54) is 0 Å². The van der Waals surface area contributed by atoms with Crippen molar-refractivity contribution < 1.29 is 92.2 Å². The molecule has 0 aromatic carbocycles. The molecule has 0 aliphatic rings. The van der Waals surface area contributed by atoms with Gasteiger partial charge in [0.1, 0.15) is 0 Å². The molecule has 0 aliphatic heterocycles. The molecule has 0 aromatic heterocycles. The molecular weight excluding hydrogens is 581 g/mol. The monoisotopic (exact) mass is 591 g/mol. The van der Waals surface area contributed by atoms with Gasteiger partial charge in [-0.05, 0) is 14.1 Å². The van der Waals surface area contributed by atoms with Crippen LogP contribution in [0.15, 0.2) is 0 Å². The Morgan fingerprint density at radius 3 is 0.806 bits per heavy atom. The van der Waals surface area contributed by atoms with E-state index < -0.39 is 72.4 Å². The van der Waals surface area contributed by atoms with Crippen molar-refractivity contribution in [2.45, 2.75) is 65.9 Å². The number of nitrogens with zero attached hydrogens (tertiary/aromatic N) is 1. The minimum absolute atomic E-state index is 0.479. The van der Waals surface area contributed by atoms with E-state index in [1.54, 1.807) is 0 Å². The summed E-state index contributed by atoms with van der Waals surface area (Å²) in [5.74, 6) is -76.4. The lowest BCUT2D eigenvalue weighted by Gasteiger charge is -2.44. The van der Waals surface area contributed by atoms with Crippen LogP contribution in [0.25, 0.3) is 0 Å². The fourth-order valence-electron chi connectivity index (χ4n) is 2.11. The third-order valence-corrected chi connectivity index (χ3v) is 4.45. The second kappa shape index (κ2) is 8.77. The predicted molar refractivity (Wildman–Crippen MR) is 73.7 cm³/mol. The van der Waals surface area contributed by atoms with Gasteiger partial charge in [-0.2, -0.15) is 92.2 Å². The fraction of sp³-hybridized carbons (Fsp3) is 1.00. The molecule has 0 N–H and O–H groups in total. The molecule has 0 rings (SSSR count). The van der Waals surface area contributed by atoms with Gasteiger partial charge in [0.05, 0.1) is 0 Å². The van der Waals surface area contributed by atoms with E-state index in [4.69, 9.17) is 0 Å². The summed E-state index contributed by atoms with van der Waals surface area (Å²) >= 11 is 0. The molecule has 0 saturated carbocycles. The van der Waals surface area contributed by atoms with Crippen LogP contribution in [0.1, 0.15) is 6.42 Å². The van der Waals surface area contributed by atoms with Gasteiger partial charge in [0.2, 0.25) is 0 Å². The van der Waals surface area contributed by atoms with Gasteiger partial charge < -0.3 is 4.90 Å². The Bertz CT molecular complexity index is 776. The van der Waals surface area contributed by atoms with Crippen molar-refractivity contribution in [2.75, 3.05) is 20.6 Å². The average Bonchev–Trinajstić information content (AvgIpc) is 2.64. The molecule has 0 heterocycles. The summed E-state index contributed by atoms with van der Waals surface area (Å²) in [7, 11) is 1.54. The van der Waals surface area contributed by atoms with E-state index in [0.717, 1.165) is 14.1 Å². The number of alkyl halides is 21. The van der Waals surface area contributed by atoms with Crippen molar-refractivity contribution in [2.24, 2.45) is 0 Å². The first-order valence-electron chi connectivity index (χ1n) is 8.28. The van der Waals surface area contributed by atoms with E-state index in [0.29, 0.717) is 4.90 Å². The van der Waals surface area contributed by atoms with Crippen LogP contribution >= 0.6 is 0 Å². The molecule has 0 saturated heterocycles. The molecule has 0 bridgehead atoms. The zero-order valence-electron chi connectivity index (χ0n) is 16.8. The molecule has 0 amide bonds. The second-order valence-electron chi connectivity index (χ2n) is 7.35. The molecule has 0 fully saturated rings. The fourth-order valence-corrected chi connectivity index (χ4v) is 2.11. The predicted octanol–water partition coefficient (Wildman–Crippen LogP) is 7.22. The first-order chi connectivity index (χ1) is 15.2. The molecule has 1 nitrogen and oxygen atoms in total. The lowest BCUT2D eigenvalue weighted by molar-refractivity contribution is -0.474. The normalized spacial score (nSPS) is 16.7. The number of hydrogen-bond acceptors (Lipinski definition) is 1. The Kier molecular flexibility index (Phi) is 8.40. The summed E-state index contributed by atoms with van der Waals surface area (Å²) in [6.07, 6.45) is -10.6. The van der Waals surface area contributed by atoms with Gasteiger partial charge in [0, 0.05) is 13.0 Å². The highest BCUT2D eigenvalue weighted by molar-refractivity contribution is 5.17. The molecule has 0 spiro atoms. The summed E-state index contributed by atoms with van der Waals surface area (Å²) < 4.78 is 276. The smallest absolute Gasteiger partial charge is 0.309 e. The van der Waals surface area contributed by atoms with Gasteiger partial charge in [0.15, 0.2) is 0 Å². The van der Waals surface area contributed by atoms with Crippen LogP contribution < -0.4 is 0 Å². The van der Waals surface area contributed by atoms with Crippen molar-refractivity contribution >= 4 is 0 Å². The van der Waals surface area contributed by atoms with Gasteiger partial charge in [-0.25, -0.2) is 0 Å².